The summed E-state index contributed by atoms with van der Waals surface area (Å²) in [7, 11) is 0. The molecule has 0 aromatic heterocycles. The van der Waals surface area contributed by atoms with Gasteiger partial charge in [-0.25, -0.2) is 4.39 Å². The molecule has 0 bridgehead atoms. The van der Waals surface area contributed by atoms with Crippen molar-refractivity contribution in [2.45, 2.75) is 19.3 Å². The van der Waals surface area contributed by atoms with E-state index >= 15 is 0 Å². The van der Waals surface area contributed by atoms with Gasteiger partial charge >= 0.3 is 0 Å². The Kier molecular flexibility index (Phi) is 2.27. The Bertz CT molecular complexity index is 274. The molecule has 1 rings (SSSR count). The van der Waals surface area contributed by atoms with Gasteiger partial charge in [-0.1, -0.05) is 12.1 Å². The molecule has 1 nitrogen and oxygen atoms in total. The largest absolute Gasteiger partial charge is 0.302 e. The van der Waals surface area contributed by atoms with Gasteiger partial charge in [-0.2, -0.15) is 0 Å². The van der Waals surface area contributed by atoms with Crippen molar-refractivity contribution in [3.05, 3.63) is 35.6 Å². The summed E-state index contributed by atoms with van der Waals surface area (Å²) in [5.74, 6) is -0.277. The molecule has 12 heavy (non-hydrogen) atoms. The van der Waals surface area contributed by atoms with Gasteiger partial charge in [0, 0.05) is 5.41 Å². The first kappa shape index (κ1) is 8.91. The van der Waals surface area contributed by atoms with Crippen LogP contribution in [0.15, 0.2) is 24.3 Å². The van der Waals surface area contributed by atoms with Crippen LogP contribution < -0.4 is 0 Å². The van der Waals surface area contributed by atoms with Gasteiger partial charge in [0.15, 0.2) is 0 Å². The number of aldehydes is 1. The molecule has 0 heterocycles. The summed E-state index contributed by atoms with van der Waals surface area (Å²) >= 11 is 0. The van der Waals surface area contributed by atoms with Crippen molar-refractivity contribution in [1.29, 1.82) is 0 Å². The molecule has 0 atom stereocenters. The Morgan fingerprint density at radius 2 is 1.75 bits per heavy atom. The third-order valence-corrected chi connectivity index (χ3v) is 1.88. The van der Waals surface area contributed by atoms with Gasteiger partial charge in [0.05, 0.1) is 0 Å². The summed E-state index contributed by atoms with van der Waals surface area (Å²) in [6.07, 6.45) is 0.861. The first-order chi connectivity index (χ1) is 5.56. The molecule has 1 aromatic carbocycles. The number of rotatable bonds is 2. The fourth-order valence-electron chi connectivity index (χ4n) is 0.947. The number of carbonyl (C=O) groups is 1. The predicted octanol–water partition coefficient (Wildman–Crippen LogP) is 2.30. The number of benzene rings is 1. The minimum Gasteiger partial charge on any atom is -0.302 e. The first-order valence-electron chi connectivity index (χ1n) is 3.78. The zero-order valence-corrected chi connectivity index (χ0v) is 7.17. The molecule has 0 amide bonds. The maximum absolute atomic E-state index is 12.5. The molecule has 0 aliphatic heterocycles. The summed E-state index contributed by atoms with van der Waals surface area (Å²) in [5, 5.41) is 0. The van der Waals surface area contributed by atoms with E-state index in [2.05, 4.69) is 0 Å². The SMILES string of the molecule is CC(C)(C=O)c1ccc(F)cc1. The van der Waals surface area contributed by atoms with Gasteiger partial charge in [0.25, 0.3) is 0 Å². The fraction of sp³-hybridized carbons (Fsp3) is 0.300. The van der Waals surface area contributed by atoms with Crippen LogP contribution in [0.2, 0.25) is 0 Å². The lowest BCUT2D eigenvalue weighted by molar-refractivity contribution is -0.111. The Labute approximate surface area is 71.2 Å². The lowest BCUT2D eigenvalue weighted by Crippen LogP contribution is -2.18. The van der Waals surface area contributed by atoms with Gasteiger partial charge in [-0.15, -0.1) is 0 Å². The molecule has 0 N–H and O–H groups in total. The molecule has 0 aliphatic carbocycles. The summed E-state index contributed by atoms with van der Waals surface area (Å²) in [6.45, 7) is 3.60. The van der Waals surface area contributed by atoms with Gasteiger partial charge < -0.3 is 4.79 Å². The number of halogens is 1. The summed E-state index contributed by atoms with van der Waals surface area (Å²) in [6, 6.07) is 5.98. The van der Waals surface area contributed by atoms with Crippen molar-refractivity contribution in [2.24, 2.45) is 0 Å². The summed E-state index contributed by atoms with van der Waals surface area (Å²) in [5.41, 5.74) is 0.312. The minimum atomic E-state index is -0.520. The highest BCUT2D eigenvalue weighted by atomic mass is 19.1. The lowest BCUT2D eigenvalue weighted by atomic mass is 9.86. The smallest absolute Gasteiger partial charge is 0.129 e. The maximum atomic E-state index is 12.5. The van der Waals surface area contributed by atoms with Gasteiger partial charge in [0.2, 0.25) is 0 Å². The van der Waals surface area contributed by atoms with Crippen molar-refractivity contribution in [1.82, 2.24) is 0 Å². The Balaban J connectivity index is 3.04. The average molecular weight is 166 g/mol. The van der Waals surface area contributed by atoms with Crippen LogP contribution in [0.4, 0.5) is 4.39 Å². The van der Waals surface area contributed by atoms with E-state index in [1.165, 1.54) is 12.1 Å². The van der Waals surface area contributed by atoms with E-state index in [0.29, 0.717) is 0 Å². The summed E-state index contributed by atoms with van der Waals surface area (Å²) < 4.78 is 12.5. The zero-order valence-electron chi connectivity index (χ0n) is 7.17. The first-order valence-corrected chi connectivity index (χ1v) is 3.78. The number of hydrogen-bond acceptors (Lipinski definition) is 1. The second-order valence-electron chi connectivity index (χ2n) is 3.35. The summed E-state index contributed by atoms with van der Waals surface area (Å²) in [4.78, 5) is 10.6. The van der Waals surface area contributed by atoms with Gasteiger partial charge in [0.1, 0.15) is 12.1 Å². The van der Waals surface area contributed by atoms with Crippen LogP contribution >= 0.6 is 0 Å². The van der Waals surface area contributed by atoms with E-state index in [-0.39, 0.29) is 5.82 Å². The van der Waals surface area contributed by atoms with Crippen LogP contribution in [0.25, 0.3) is 0 Å². The van der Waals surface area contributed by atoms with Crippen LogP contribution in [-0.2, 0) is 10.2 Å². The standard InChI is InChI=1S/C10H11FO/c1-10(2,7-12)8-3-5-9(11)6-4-8/h3-7H,1-2H3. The van der Waals surface area contributed by atoms with E-state index in [0.717, 1.165) is 11.8 Å². The van der Waals surface area contributed by atoms with E-state index in [9.17, 15) is 9.18 Å². The van der Waals surface area contributed by atoms with Crippen LogP contribution in [0.3, 0.4) is 0 Å². The number of hydrogen-bond donors (Lipinski definition) is 0. The van der Waals surface area contributed by atoms with Crippen molar-refractivity contribution in [3.63, 3.8) is 0 Å². The normalized spacial score (nSPS) is 11.2. The van der Waals surface area contributed by atoms with Gasteiger partial charge in [-0.05, 0) is 31.5 Å². The lowest BCUT2D eigenvalue weighted by Gasteiger charge is -2.16. The molecule has 2 heteroatoms. The molecular formula is C10H11FO. The Hall–Kier alpha value is -1.18. The third kappa shape index (κ3) is 1.70. The minimum absolute atomic E-state index is 0.277. The highest BCUT2D eigenvalue weighted by molar-refractivity contribution is 5.66. The van der Waals surface area contributed by atoms with Crippen molar-refractivity contribution >= 4 is 6.29 Å². The fourth-order valence-corrected chi connectivity index (χ4v) is 0.947. The molecule has 1 aromatic rings. The molecular weight excluding hydrogens is 155 g/mol. The Morgan fingerprint density at radius 3 is 2.17 bits per heavy atom. The van der Waals surface area contributed by atoms with Crippen molar-refractivity contribution in [2.75, 3.05) is 0 Å². The van der Waals surface area contributed by atoms with Crippen LogP contribution in [0.5, 0.6) is 0 Å². The molecule has 64 valence electrons. The second kappa shape index (κ2) is 3.05. The van der Waals surface area contributed by atoms with Crippen LogP contribution in [0.1, 0.15) is 19.4 Å². The Morgan fingerprint density at radius 1 is 1.25 bits per heavy atom. The number of carbonyl (C=O) groups excluding carboxylic acids is 1. The molecule has 0 spiro atoms. The maximum Gasteiger partial charge on any atom is 0.129 e. The monoisotopic (exact) mass is 166 g/mol. The highest BCUT2D eigenvalue weighted by Gasteiger charge is 2.18. The molecule has 0 fully saturated rings. The van der Waals surface area contributed by atoms with E-state index in [4.69, 9.17) is 0 Å². The highest BCUT2D eigenvalue weighted by Crippen LogP contribution is 2.20. The van der Waals surface area contributed by atoms with Crippen molar-refractivity contribution in [3.8, 4) is 0 Å². The molecule has 0 radical (unpaired) electrons. The topological polar surface area (TPSA) is 17.1 Å². The van der Waals surface area contributed by atoms with Crippen LogP contribution in [-0.4, -0.2) is 6.29 Å². The van der Waals surface area contributed by atoms with E-state index < -0.39 is 5.41 Å². The predicted molar refractivity (Wildman–Crippen MR) is 45.5 cm³/mol. The van der Waals surface area contributed by atoms with E-state index in [1.807, 2.05) is 0 Å². The second-order valence-corrected chi connectivity index (χ2v) is 3.35. The molecule has 0 unspecified atom stereocenters. The zero-order chi connectivity index (χ0) is 9.19. The molecule has 0 aliphatic rings. The van der Waals surface area contributed by atoms with E-state index in [1.54, 1.807) is 26.0 Å². The van der Waals surface area contributed by atoms with Gasteiger partial charge in [-0.3, -0.25) is 0 Å². The average Bonchev–Trinajstić information content (AvgIpc) is 2.05. The molecule has 0 saturated heterocycles. The van der Waals surface area contributed by atoms with Crippen molar-refractivity contribution < 1.29 is 9.18 Å². The quantitative estimate of drug-likeness (QED) is 0.616. The third-order valence-electron chi connectivity index (χ3n) is 1.88. The van der Waals surface area contributed by atoms with Crippen LogP contribution in [0, 0.1) is 5.82 Å². The molecule has 0 saturated carbocycles.